The Balaban J connectivity index is 0.000000355. The average molecular weight is 603 g/mol. The summed E-state index contributed by atoms with van der Waals surface area (Å²) in [6.45, 7) is 38.6. The van der Waals surface area contributed by atoms with Gasteiger partial charge in [-0.25, -0.2) is 0 Å². The first kappa shape index (κ1) is 38.9. The summed E-state index contributed by atoms with van der Waals surface area (Å²) in [5, 5.41) is 0. The topological polar surface area (TPSA) is 0 Å². The van der Waals surface area contributed by atoms with E-state index in [0.717, 1.165) is 45.8 Å². The molecule has 0 heterocycles. The Bertz CT molecular complexity index is 751. The van der Waals surface area contributed by atoms with E-state index in [1.54, 1.807) is 22.3 Å². The molecule has 41 heavy (non-hydrogen) atoms. The molecule has 2 heteroatoms. The molecule has 0 nitrogen and oxygen atoms in total. The van der Waals surface area contributed by atoms with Crippen molar-refractivity contribution in [3.8, 4) is 0 Å². The molecule has 0 saturated heterocycles. The molecule has 0 aromatic carbocycles. The average Bonchev–Trinajstić information content (AvgIpc) is 3.29. The van der Waals surface area contributed by atoms with Crippen LogP contribution in [0.4, 0.5) is 0 Å². The van der Waals surface area contributed by atoms with Gasteiger partial charge >= 0.3 is 0 Å². The summed E-state index contributed by atoms with van der Waals surface area (Å²) in [7, 11) is -2.27. The van der Waals surface area contributed by atoms with Gasteiger partial charge < -0.3 is 0 Å². The molecule has 242 valence electrons. The minimum absolute atomic E-state index is 0.824. The molecule has 0 aromatic rings. The molecule has 4 aliphatic rings. The molecule has 0 aliphatic heterocycles. The lowest BCUT2D eigenvalue weighted by atomic mass is 9.95. The number of allylic oxidation sites excluding steroid dienone is 4. The van der Waals surface area contributed by atoms with E-state index >= 15 is 0 Å². The maximum absolute atomic E-state index is 2.69. The van der Waals surface area contributed by atoms with Crippen molar-refractivity contribution in [2.24, 2.45) is 23.7 Å². The van der Waals surface area contributed by atoms with Crippen LogP contribution in [0.3, 0.4) is 0 Å². The maximum Gasteiger partial charge on any atom is 0.0581 e. The molecular weight excluding hydrogens is 525 g/mol. The minimum Gasteiger partial charge on any atom is -0.0734 e. The van der Waals surface area contributed by atoms with Gasteiger partial charge in [-0.2, -0.15) is 0 Å². The van der Waals surface area contributed by atoms with Crippen LogP contribution in [0.1, 0.15) is 154 Å². The Hall–Kier alpha value is -0.0862. The highest BCUT2D eigenvalue weighted by Crippen LogP contribution is 2.56. The van der Waals surface area contributed by atoms with Crippen LogP contribution in [0.25, 0.3) is 0 Å². The Morgan fingerprint density at radius 3 is 0.927 bits per heavy atom. The molecule has 0 unspecified atom stereocenters. The van der Waals surface area contributed by atoms with Crippen LogP contribution in [-0.2, 0) is 0 Å². The Kier molecular flexibility index (Phi) is 16.5. The zero-order valence-electron chi connectivity index (χ0n) is 31.4. The Labute approximate surface area is 263 Å². The normalized spacial score (nSPS) is 31.6. The lowest BCUT2D eigenvalue weighted by Gasteiger charge is -2.43. The summed E-state index contributed by atoms with van der Waals surface area (Å²) >= 11 is 0. The van der Waals surface area contributed by atoms with Crippen LogP contribution < -0.4 is 0 Å². The van der Waals surface area contributed by atoms with Gasteiger partial charge in [-0.15, -0.1) is 0 Å². The van der Waals surface area contributed by atoms with E-state index in [4.69, 9.17) is 0 Å². The highest BCUT2D eigenvalue weighted by atomic mass is 28.3. The fraction of sp³-hybridized carbons (Fsp3) is 0.897. The standard InChI is InChI=1S/2C17H32Si.C3H8.C2H6/c2*1-12-13(2)15(4)17(14(12)3)18(5,6)16-10-8-7-9-11-16;1-3-2;1-2/h2*12,14,16-17H,7-11H2,1-6H3;3H2,1-2H3;1-2H3/t12-,14-,17+;12-,14-,17-;;/m11../s1. The quantitative estimate of drug-likeness (QED) is 0.222. The van der Waals surface area contributed by atoms with E-state index in [0.29, 0.717) is 0 Å². The third kappa shape index (κ3) is 8.98. The van der Waals surface area contributed by atoms with Crippen LogP contribution >= 0.6 is 0 Å². The smallest absolute Gasteiger partial charge is 0.0581 e. The van der Waals surface area contributed by atoms with Gasteiger partial charge in [0, 0.05) is 0 Å². The Morgan fingerprint density at radius 1 is 0.488 bits per heavy atom. The van der Waals surface area contributed by atoms with E-state index < -0.39 is 16.1 Å². The van der Waals surface area contributed by atoms with Crippen molar-refractivity contribution in [2.75, 3.05) is 0 Å². The summed E-state index contributed by atoms with van der Waals surface area (Å²) in [5.41, 5.74) is 11.1. The SMILES string of the molecule is CC.CC1=C(C)[C@@H]([Si](C)(C)C2CCCCC2)[C@H](C)[C@@H]1C.CC1=C(C)[C@H]([Si](C)(C)C2CCCCC2)[C@H](C)[C@@H]1C.CCC. The van der Waals surface area contributed by atoms with E-state index in [9.17, 15) is 0 Å². The number of rotatable bonds is 4. The van der Waals surface area contributed by atoms with Crippen molar-refractivity contribution in [1.82, 2.24) is 0 Å². The van der Waals surface area contributed by atoms with Crippen LogP contribution in [0, 0.1) is 23.7 Å². The third-order valence-corrected chi connectivity index (χ3v) is 23.6. The predicted octanol–water partition coefficient (Wildman–Crippen LogP) is 14.5. The van der Waals surface area contributed by atoms with Gasteiger partial charge in [0.25, 0.3) is 0 Å². The summed E-state index contributed by atoms with van der Waals surface area (Å²) in [5.74, 6) is 3.44. The van der Waals surface area contributed by atoms with Gasteiger partial charge in [-0.05, 0) is 73.5 Å². The number of hydrogen-bond acceptors (Lipinski definition) is 0. The first-order valence-corrected chi connectivity index (χ1v) is 24.8. The molecule has 2 fully saturated rings. The molecule has 4 aliphatic carbocycles. The van der Waals surface area contributed by atoms with Crippen LogP contribution in [-0.4, -0.2) is 16.1 Å². The van der Waals surface area contributed by atoms with Gasteiger partial charge in [0.15, 0.2) is 0 Å². The third-order valence-electron chi connectivity index (χ3n) is 13.1. The zero-order valence-corrected chi connectivity index (χ0v) is 33.4. The molecule has 4 rings (SSSR count). The predicted molar refractivity (Wildman–Crippen MR) is 197 cm³/mol. The molecule has 0 aromatic heterocycles. The van der Waals surface area contributed by atoms with Crippen molar-refractivity contribution in [1.29, 1.82) is 0 Å². The summed E-state index contributed by atoms with van der Waals surface area (Å²) in [4.78, 5) is 0. The molecule has 0 amide bonds. The molecule has 6 atom stereocenters. The first-order chi connectivity index (χ1) is 19.2. The van der Waals surface area contributed by atoms with Crippen molar-refractivity contribution in [3.05, 3.63) is 22.3 Å². The van der Waals surface area contributed by atoms with E-state index in [1.807, 2.05) is 13.8 Å². The monoisotopic (exact) mass is 603 g/mol. The molecule has 0 radical (unpaired) electrons. The maximum atomic E-state index is 2.69. The molecule has 0 spiro atoms. The van der Waals surface area contributed by atoms with Crippen molar-refractivity contribution < 1.29 is 0 Å². The highest BCUT2D eigenvalue weighted by molar-refractivity contribution is 6.81. The summed E-state index contributed by atoms with van der Waals surface area (Å²) in [6.07, 6.45) is 16.4. The molecular formula is C39H78Si2. The Morgan fingerprint density at radius 2 is 0.732 bits per heavy atom. The second kappa shape index (κ2) is 17.4. The van der Waals surface area contributed by atoms with Gasteiger partial charge in [0.1, 0.15) is 0 Å². The highest BCUT2D eigenvalue weighted by Gasteiger charge is 2.48. The van der Waals surface area contributed by atoms with Gasteiger partial charge in [0.2, 0.25) is 0 Å². The lowest BCUT2D eigenvalue weighted by molar-refractivity contribution is 0.448. The fourth-order valence-electron chi connectivity index (χ4n) is 10.0. The minimum atomic E-state index is -1.14. The lowest BCUT2D eigenvalue weighted by Crippen LogP contribution is -2.41. The van der Waals surface area contributed by atoms with E-state index in [-0.39, 0.29) is 0 Å². The zero-order chi connectivity index (χ0) is 31.7. The van der Waals surface area contributed by atoms with Crippen molar-refractivity contribution in [2.45, 2.75) is 202 Å². The summed E-state index contributed by atoms with van der Waals surface area (Å²) < 4.78 is 0. The number of hydrogen-bond donors (Lipinski definition) is 0. The van der Waals surface area contributed by atoms with E-state index in [2.05, 4.69) is 95.4 Å². The van der Waals surface area contributed by atoms with Gasteiger partial charge in [-0.1, -0.05) is 174 Å². The first-order valence-electron chi connectivity index (χ1n) is 18.5. The largest absolute Gasteiger partial charge is 0.0734 e. The molecule has 2 saturated carbocycles. The van der Waals surface area contributed by atoms with Crippen LogP contribution in [0.5, 0.6) is 0 Å². The second-order valence-corrected chi connectivity index (χ2v) is 26.2. The van der Waals surface area contributed by atoms with Crippen molar-refractivity contribution in [3.63, 3.8) is 0 Å². The van der Waals surface area contributed by atoms with Crippen LogP contribution in [0.15, 0.2) is 22.3 Å². The summed E-state index contributed by atoms with van der Waals surface area (Å²) in [6, 6.07) is 0. The fourth-order valence-corrected chi connectivity index (χ4v) is 20.8. The van der Waals surface area contributed by atoms with Crippen molar-refractivity contribution >= 4 is 16.1 Å². The molecule has 0 bridgehead atoms. The second-order valence-electron chi connectivity index (χ2n) is 16.0. The van der Waals surface area contributed by atoms with Crippen LogP contribution in [0.2, 0.25) is 48.4 Å². The molecule has 0 N–H and O–H groups in total. The van der Waals surface area contributed by atoms with Gasteiger partial charge in [-0.3, -0.25) is 0 Å². The van der Waals surface area contributed by atoms with Gasteiger partial charge in [0.05, 0.1) is 16.1 Å². The van der Waals surface area contributed by atoms with E-state index in [1.165, 1.54) is 70.6 Å².